The lowest BCUT2D eigenvalue weighted by atomic mass is 10.1. The average molecular weight is 460 g/mol. The molecule has 0 radical (unpaired) electrons. The van der Waals surface area contributed by atoms with Crippen molar-refractivity contribution in [2.24, 2.45) is 0 Å². The number of anilines is 1. The highest BCUT2D eigenvalue weighted by Gasteiger charge is 2.59. The lowest BCUT2D eigenvalue weighted by molar-refractivity contribution is -0.289. The van der Waals surface area contributed by atoms with E-state index in [1.54, 1.807) is 10.9 Å². The van der Waals surface area contributed by atoms with Crippen molar-refractivity contribution in [3.8, 4) is 5.69 Å². The molecule has 1 aromatic carbocycles. The van der Waals surface area contributed by atoms with Crippen molar-refractivity contribution >= 4 is 28.0 Å². The summed E-state index contributed by atoms with van der Waals surface area (Å²) in [5, 5.41) is 4.16. The number of benzene rings is 1. The van der Waals surface area contributed by atoms with E-state index in [9.17, 15) is 22.0 Å². The summed E-state index contributed by atoms with van der Waals surface area (Å²) < 4.78 is 68.3. The highest BCUT2D eigenvalue weighted by Crippen LogP contribution is 2.44. The molecule has 2 N–H and O–H groups in total. The average Bonchev–Trinajstić information content (AvgIpc) is 3.38. The van der Waals surface area contributed by atoms with Crippen molar-refractivity contribution < 1.29 is 22.0 Å². The first-order chi connectivity index (χ1) is 15.6. The second kappa shape index (κ2) is 7.18. The molecule has 0 aliphatic heterocycles. The van der Waals surface area contributed by atoms with Crippen LogP contribution < -0.4 is 5.73 Å². The zero-order valence-electron chi connectivity index (χ0n) is 16.5. The van der Waals surface area contributed by atoms with Gasteiger partial charge in [0.15, 0.2) is 22.6 Å². The van der Waals surface area contributed by atoms with Crippen LogP contribution in [0.25, 0.3) is 27.9 Å². The molecule has 33 heavy (non-hydrogen) atoms. The molecule has 5 aromatic rings. The largest absolute Gasteiger partial charge is 0.458 e. The van der Waals surface area contributed by atoms with Crippen LogP contribution in [-0.4, -0.2) is 40.5 Å². The molecule has 0 fully saturated rings. The fourth-order valence-corrected chi connectivity index (χ4v) is 3.40. The van der Waals surface area contributed by atoms with Crippen LogP contribution in [0, 0.1) is 0 Å². The molecule has 0 saturated heterocycles. The van der Waals surface area contributed by atoms with Crippen molar-refractivity contribution in [1.82, 2.24) is 34.3 Å². The summed E-state index contributed by atoms with van der Waals surface area (Å²) in [5.41, 5.74) is 7.35. The third-order valence-corrected chi connectivity index (χ3v) is 5.10. The van der Waals surface area contributed by atoms with Gasteiger partial charge in [0.25, 0.3) is 0 Å². The Morgan fingerprint density at radius 3 is 2.36 bits per heavy atom. The van der Waals surface area contributed by atoms with Gasteiger partial charge < -0.3 is 5.73 Å². The van der Waals surface area contributed by atoms with Gasteiger partial charge in [-0.3, -0.25) is 4.57 Å². The van der Waals surface area contributed by atoms with Gasteiger partial charge in [0.2, 0.25) is 0 Å². The van der Waals surface area contributed by atoms with Crippen LogP contribution in [0.1, 0.15) is 11.1 Å². The van der Waals surface area contributed by atoms with Crippen molar-refractivity contribution in [3.63, 3.8) is 0 Å². The van der Waals surface area contributed by atoms with Gasteiger partial charge >= 0.3 is 12.1 Å². The minimum absolute atomic E-state index is 0.0789. The maximum atomic E-state index is 13.6. The van der Waals surface area contributed by atoms with E-state index >= 15 is 0 Å². The molecular weight excluding hydrogens is 447 g/mol. The number of alkyl halides is 5. The molecule has 0 atom stereocenters. The molecule has 4 aromatic heterocycles. The van der Waals surface area contributed by atoms with Gasteiger partial charge in [-0.05, 0) is 23.8 Å². The SMILES string of the molecule is Nc1ncnc2c1ncn2-c1ccc(Cn2ncc3cc(C(F)(F)C(F)(F)F)cnc32)cc1. The van der Waals surface area contributed by atoms with Gasteiger partial charge in [-0.25, -0.2) is 24.6 Å². The fraction of sp³-hybridized carbons (Fsp3) is 0.150. The van der Waals surface area contributed by atoms with Crippen molar-refractivity contribution in [2.75, 3.05) is 5.73 Å². The van der Waals surface area contributed by atoms with Crippen LogP contribution in [0.15, 0.2) is 55.4 Å². The molecule has 4 heterocycles. The van der Waals surface area contributed by atoms with E-state index in [1.807, 2.05) is 24.3 Å². The number of aromatic nitrogens is 7. The van der Waals surface area contributed by atoms with Crippen LogP contribution in [0.5, 0.6) is 0 Å². The molecular formula is C20H13F5N8. The maximum absolute atomic E-state index is 13.6. The number of imidazole rings is 1. The number of nitrogens with zero attached hydrogens (tertiary/aromatic N) is 7. The molecule has 0 aliphatic carbocycles. The molecule has 5 rings (SSSR count). The molecule has 0 bridgehead atoms. The van der Waals surface area contributed by atoms with Crippen molar-refractivity contribution in [2.45, 2.75) is 18.6 Å². The summed E-state index contributed by atoms with van der Waals surface area (Å²) in [6.45, 7) is 0.228. The van der Waals surface area contributed by atoms with Crippen LogP contribution in [0.3, 0.4) is 0 Å². The predicted octanol–water partition coefficient (Wildman–Crippen LogP) is 3.84. The summed E-state index contributed by atoms with van der Waals surface area (Å²) in [5.74, 6) is -4.73. The summed E-state index contributed by atoms with van der Waals surface area (Å²) >= 11 is 0. The number of hydrogen-bond donors (Lipinski definition) is 1. The van der Waals surface area contributed by atoms with E-state index in [2.05, 4.69) is 25.0 Å². The lowest BCUT2D eigenvalue weighted by Gasteiger charge is -2.19. The number of fused-ring (bicyclic) bond motifs is 2. The fourth-order valence-electron chi connectivity index (χ4n) is 3.40. The third kappa shape index (κ3) is 3.41. The van der Waals surface area contributed by atoms with Crippen LogP contribution >= 0.6 is 0 Å². The zero-order valence-corrected chi connectivity index (χ0v) is 16.5. The normalized spacial score (nSPS) is 12.6. The van der Waals surface area contributed by atoms with E-state index in [-0.39, 0.29) is 23.4 Å². The quantitative estimate of drug-likeness (QED) is 0.409. The Morgan fingerprint density at radius 1 is 0.879 bits per heavy atom. The summed E-state index contributed by atoms with van der Waals surface area (Å²) in [7, 11) is 0. The Morgan fingerprint density at radius 2 is 1.64 bits per heavy atom. The van der Waals surface area contributed by atoms with Crippen LogP contribution in [0.2, 0.25) is 0 Å². The Hall–Kier alpha value is -4.16. The first kappa shape index (κ1) is 20.7. The second-order valence-electron chi connectivity index (χ2n) is 7.22. The Kier molecular flexibility index (Phi) is 4.51. The van der Waals surface area contributed by atoms with Crippen molar-refractivity contribution in [1.29, 1.82) is 0 Å². The Bertz CT molecular complexity index is 1470. The number of pyridine rings is 1. The molecule has 0 saturated carbocycles. The molecule has 0 unspecified atom stereocenters. The minimum atomic E-state index is -5.71. The topological polar surface area (TPSA) is 100 Å². The van der Waals surface area contributed by atoms with E-state index in [1.165, 1.54) is 17.2 Å². The smallest absolute Gasteiger partial charge is 0.382 e. The maximum Gasteiger partial charge on any atom is 0.458 e. The predicted molar refractivity (Wildman–Crippen MR) is 108 cm³/mol. The van der Waals surface area contributed by atoms with E-state index in [4.69, 9.17) is 5.73 Å². The van der Waals surface area contributed by atoms with Gasteiger partial charge in [0.05, 0.1) is 12.7 Å². The third-order valence-electron chi connectivity index (χ3n) is 5.10. The van der Waals surface area contributed by atoms with E-state index in [0.717, 1.165) is 17.3 Å². The Balaban J connectivity index is 1.41. The van der Waals surface area contributed by atoms with Gasteiger partial charge in [-0.2, -0.15) is 27.1 Å². The first-order valence-electron chi connectivity index (χ1n) is 9.44. The Labute approximate surface area is 181 Å². The number of nitrogens with two attached hydrogens (primary N) is 1. The lowest BCUT2D eigenvalue weighted by Crippen LogP contribution is -2.33. The molecule has 8 nitrogen and oxygen atoms in total. The summed E-state index contributed by atoms with van der Waals surface area (Å²) in [6, 6.07) is 8.00. The number of hydrogen-bond acceptors (Lipinski definition) is 6. The number of rotatable bonds is 4. The van der Waals surface area contributed by atoms with E-state index < -0.39 is 17.7 Å². The monoisotopic (exact) mass is 460 g/mol. The molecule has 0 amide bonds. The van der Waals surface area contributed by atoms with Crippen molar-refractivity contribution in [3.05, 3.63) is 66.5 Å². The highest BCUT2D eigenvalue weighted by molar-refractivity contribution is 5.82. The minimum Gasteiger partial charge on any atom is -0.382 e. The molecule has 168 valence electrons. The van der Waals surface area contributed by atoms with Crippen LogP contribution in [-0.2, 0) is 12.5 Å². The molecule has 0 spiro atoms. The van der Waals surface area contributed by atoms with Gasteiger partial charge in [-0.15, -0.1) is 0 Å². The number of halogens is 5. The second-order valence-corrected chi connectivity index (χ2v) is 7.22. The zero-order chi connectivity index (χ0) is 23.4. The van der Waals surface area contributed by atoms with Crippen LogP contribution in [0.4, 0.5) is 27.8 Å². The summed E-state index contributed by atoms with van der Waals surface area (Å²) in [4.78, 5) is 16.1. The van der Waals surface area contributed by atoms with Gasteiger partial charge in [0, 0.05) is 22.8 Å². The summed E-state index contributed by atoms with van der Waals surface area (Å²) in [6.07, 6.45) is -1.07. The standard InChI is InChI=1S/C20H13F5N8/c21-19(22,20(23,24)25)13-5-12-6-31-33(17(12)27-7-13)8-11-1-3-14(4-2-11)32-10-30-15-16(26)28-9-29-18(15)32/h1-7,9-10H,8H2,(H2,26,28,29). The van der Waals surface area contributed by atoms with Gasteiger partial charge in [-0.1, -0.05) is 12.1 Å². The first-order valence-corrected chi connectivity index (χ1v) is 9.44. The molecule has 0 aliphatic rings. The highest BCUT2D eigenvalue weighted by atomic mass is 19.4. The molecule has 13 heteroatoms. The van der Waals surface area contributed by atoms with E-state index in [0.29, 0.717) is 17.4 Å². The van der Waals surface area contributed by atoms with Gasteiger partial charge in [0.1, 0.15) is 12.7 Å². The number of nitrogen functional groups attached to an aromatic ring is 1.